The smallest absolute Gasteiger partial charge is 0.0566 e. The van der Waals surface area contributed by atoms with E-state index < -0.39 is 0 Å². The molecule has 21 heavy (non-hydrogen) atoms. The third kappa shape index (κ3) is 7.95. The van der Waals surface area contributed by atoms with Crippen molar-refractivity contribution < 1.29 is 0 Å². The van der Waals surface area contributed by atoms with E-state index in [-0.39, 0.29) is 0 Å². The van der Waals surface area contributed by atoms with E-state index in [1.54, 1.807) is 0 Å². The van der Waals surface area contributed by atoms with E-state index in [2.05, 4.69) is 54.3 Å². The number of rotatable bonds is 11. The summed E-state index contributed by atoms with van der Waals surface area (Å²) in [6.07, 6.45) is 4.26. The van der Waals surface area contributed by atoms with E-state index in [1.807, 2.05) is 23.5 Å². The van der Waals surface area contributed by atoms with Crippen molar-refractivity contribution >= 4 is 29.2 Å². The first-order valence-corrected chi connectivity index (χ1v) is 10.0. The molecule has 1 aromatic heterocycles. The number of hydrogen-bond donors (Lipinski definition) is 2. The summed E-state index contributed by atoms with van der Waals surface area (Å²) < 4.78 is 0. The zero-order valence-corrected chi connectivity index (χ0v) is 15.2. The van der Waals surface area contributed by atoms with Gasteiger partial charge in [-0.15, -0.1) is 0 Å². The summed E-state index contributed by atoms with van der Waals surface area (Å²) in [5.74, 6) is 2.27. The molecule has 0 amide bonds. The van der Waals surface area contributed by atoms with E-state index in [0.717, 1.165) is 49.1 Å². The number of anilines is 1. The number of aromatic nitrogens is 1. The molecule has 0 bridgehead atoms. The molecule has 0 aliphatic rings. The minimum absolute atomic E-state index is 0.833. The summed E-state index contributed by atoms with van der Waals surface area (Å²) in [5.41, 5.74) is 3.45. The molecule has 0 atom stereocenters. The fourth-order valence-corrected chi connectivity index (χ4v) is 2.55. The van der Waals surface area contributed by atoms with Gasteiger partial charge < -0.3 is 15.5 Å². The van der Waals surface area contributed by atoms with Crippen LogP contribution in [0.5, 0.6) is 0 Å². The number of hydrogen-bond acceptors (Lipinski definition) is 6. The van der Waals surface area contributed by atoms with Crippen LogP contribution in [0.3, 0.4) is 0 Å². The maximum absolute atomic E-state index is 4.75. The van der Waals surface area contributed by atoms with E-state index >= 15 is 0 Å². The van der Waals surface area contributed by atoms with Crippen LogP contribution >= 0.6 is 23.5 Å². The Morgan fingerprint density at radius 1 is 0.952 bits per heavy atom. The molecule has 120 valence electrons. The Hall–Kier alpha value is -0.430. The molecule has 0 aliphatic heterocycles. The molecule has 0 saturated heterocycles. The number of thioether (sulfide) groups is 2. The molecule has 0 fully saturated rings. The zero-order chi connectivity index (χ0) is 15.5. The van der Waals surface area contributed by atoms with Crippen molar-refractivity contribution in [2.75, 3.05) is 56.1 Å². The second-order valence-electron chi connectivity index (χ2n) is 5.04. The average molecular weight is 329 g/mol. The SMILES string of the molecule is CSCCNCc1cc(N(C)C)cc(CNCCSC)n1. The van der Waals surface area contributed by atoms with E-state index in [9.17, 15) is 0 Å². The summed E-state index contributed by atoms with van der Waals surface area (Å²) in [4.78, 5) is 6.88. The molecule has 1 heterocycles. The van der Waals surface area contributed by atoms with Gasteiger partial charge >= 0.3 is 0 Å². The third-order valence-electron chi connectivity index (χ3n) is 3.01. The lowest BCUT2D eigenvalue weighted by Crippen LogP contribution is -2.21. The van der Waals surface area contributed by atoms with Crippen molar-refractivity contribution in [3.05, 3.63) is 23.5 Å². The summed E-state index contributed by atoms with van der Waals surface area (Å²) in [6, 6.07) is 4.33. The molecule has 1 aromatic rings. The highest BCUT2D eigenvalue weighted by molar-refractivity contribution is 7.98. The van der Waals surface area contributed by atoms with Crippen molar-refractivity contribution in [3.8, 4) is 0 Å². The highest BCUT2D eigenvalue weighted by Gasteiger charge is 2.04. The Morgan fingerprint density at radius 3 is 1.81 bits per heavy atom. The molecule has 2 N–H and O–H groups in total. The fraction of sp³-hybridized carbons (Fsp3) is 0.667. The minimum atomic E-state index is 0.833. The van der Waals surface area contributed by atoms with Crippen LogP contribution in [0.15, 0.2) is 12.1 Å². The summed E-state index contributed by atoms with van der Waals surface area (Å²) in [5, 5.41) is 6.89. The molecular weight excluding hydrogens is 300 g/mol. The molecule has 0 spiro atoms. The van der Waals surface area contributed by atoms with Crippen molar-refractivity contribution in [2.24, 2.45) is 0 Å². The Morgan fingerprint density at radius 2 is 1.43 bits per heavy atom. The third-order valence-corrected chi connectivity index (χ3v) is 4.24. The molecule has 0 radical (unpaired) electrons. The molecule has 0 aliphatic carbocycles. The first-order valence-electron chi connectivity index (χ1n) is 7.24. The Kier molecular flexibility index (Phi) is 9.91. The lowest BCUT2D eigenvalue weighted by atomic mass is 10.2. The van der Waals surface area contributed by atoms with Gasteiger partial charge in [-0.1, -0.05) is 0 Å². The van der Waals surface area contributed by atoms with Crippen LogP contribution in [0.2, 0.25) is 0 Å². The summed E-state index contributed by atoms with van der Waals surface area (Å²) in [7, 11) is 4.15. The van der Waals surface area contributed by atoms with Crippen molar-refractivity contribution in [2.45, 2.75) is 13.1 Å². The Balaban J connectivity index is 2.61. The minimum Gasteiger partial charge on any atom is -0.378 e. The largest absolute Gasteiger partial charge is 0.378 e. The summed E-state index contributed by atoms with van der Waals surface area (Å²) >= 11 is 3.72. The van der Waals surface area contributed by atoms with Gasteiger partial charge in [0.05, 0.1) is 11.4 Å². The second kappa shape index (κ2) is 11.2. The maximum Gasteiger partial charge on any atom is 0.0566 e. The fourth-order valence-electron chi connectivity index (χ4n) is 1.85. The number of nitrogens with one attached hydrogen (secondary N) is 2. The van der Waals surface area contributed by atoms with E-state index in [0.29, 0.717) is 0 Å². The topological polar surface area (TPSA) is 40.2 Å². The van der Waals surface area contributed by atoms with Gasteiger partial charge in [0.25, 0.3) is 0 Å². The molecular formula is C15H28N4S2. The lowest BCUT2D eigenvalue weighted by Gasteiger charge is -2.16. The number of pyridine rings is 1. The van der Waals surface area contributed by atoms with Crippen molar-refractivity contribution in [1.29, 1.82) is 0 Å². The first-order chi connectivity index (χ1) is 10.2. The quantitative estimate of drug-likeness (QED) is 0.606. The Bertz CT molecular complexity index is 369. The van der Waals surface area contributed by atoms with Gasteiger partial charge in [0.15, 0.2) is 0 Å². The van der Waals surface area contributed by atoms with E-state index in [1.165, 1.54) is 5.69 Å². The normalized spacial score (nSPS) is 10.9. The van der Waals surface area contributed by atoms with Crippen LogP contribution in [0, 0.1) is 0 Å². The second-order valence-corrected chi connectivity index (χ2v) is 7.01. The van der Waals surface area contributed by atoms with Gasteiger partial charge in [-0.25, -0.2) is 0 Å². The molecule has 0 aromatic carbocycles. The predicted octanol–water partition coefficient (Wildman–Crippen LogP) is 2.05. The van der Waals surface area contributed by atoms with Gasteiger partial charge in [0, 0.05) is 57.5 Å². The van der Waals surface area contributed by atoms with Crippen LogP contribution < -0.4 is 15.5 Å². The maximum atomic E-state index is 4.75. The molecule has 0 saturated carbocycles. The van der Waals surface area contributed by atoms with Gasteiger partial charge in [-0.2, -0.15) is 23.5 Å². The monoisotopic (exact) mass is 328 g/mol. The summed E-state index contributed by atoms with van der Waals surface area (Å²) in [6.45, 7) is 3.72. The van der Waals surface area contributed by atoms with Gasteiger partial charge in [0.2, 0.25) is 0 Å². The molecule has 0 unspecified atom stereocenters. The highest BCUT2D eigenvalue weighted by atomic mass is 32.2. The number of nitrogens with zero attached hydrogens (tertiary/aromatic N) is 2. The van der Waals surface area contributed by atoms with Crippen LogP contribution in [-0.2, 0) is 13.1 Å². The van der Waals surface area contributed by atoms with Crippen molar-refractivity contribution in [3.63, 3.8) is 0 Å². The van der Waals surface area contributed by atoms with Gasteiger partial charge in [-0.05, 0) is 24.6 Å². The highest BCUT2D eigenvalue weighted by Crippen LogP contribution is 2.14. The van der Waals surface area contributed by atoms with Crippen LogP contribution in [-0.4, -0.2) is 56.2 Å². The standard InChI is InChI=1S/C15H28N4S2/c1-19(2)15-9-13(11-16-5-7-20-3)18-14(10-15)12-17-6-8-21-4/h9-10,16-17H,5-8,11-12H2,1-4H3. The lowest BCUT2D eigenvalue weighted by molar-refractivity contribution is 0.686. The van der Waals surface area contributed by atoms with Crippen LogP contribution in [0.1, 0.15) is 11.4 Å². The van der Waals surface area contributed by atoms with Gasteiger partial charge in [0.1, 0.15) is 0 Å². The van der Waals surface area contributed by atoms with Crippen molar-refractivity contribution in [1.82, 2.24) is 15.6 Å². The molecule has 6 heteroatoms. The van der Waals surface area contributed by atoms with Crippen LogP contribution in [0.25, 0.3) is 0 Å². The predicted molar refractivity (Wildman–Crippen MR) is 98.7 cm³/mol. The Labute approximate surface area is 137 Å². The van der Waals surface area contributed by atoms with Gasteiger partial charge in [-0.3, -0.25) is 4.98 Å². The molecule has 4 nitrogen and oxygen atoms in total. The van der Waals surface area contributed by atoms with Crippen LogP contribution in [0.4, 0.5) is 5.69 Å². The molecule has 1 rings (SSSR count). The zero-order valence-electron chi connectivity index (χ0n) is 13.6. The first kappa shape index (κ1) is 18.6. The average Bonchev–Trinajstić information content (AvgIpc) is 2.48. The van der Waals surface area contributed by atoms with E-state index in [4.69, 9.17) is 4.98 Å².